The normalized spacial score (nSPS) is 11.0. The fourth-order valence-corrected chi connectivity index (χ4v) is 3.65. The highest BCUT2D eigenvalue weighted by Gasteiger charge is 2.19. The van der Waals surface area contributed by atoms with Crippen LogP contribution >= 0.6 is 11.6 Å². The largest absolute Gasteiger partial charge is 0.497 e. The third-order valence-corrected chi connectivity index (χ3v) is 5.30. The summed E-state index contributed by atoms with van der Waals surface area (Å²) >= 11 is 6.07. The lowest BCUT2D eigenvalue weighted by Gasteiger charge is -2.14. The fraction of sp³-hybridized carbons (Fsp3) is 0.0417. The van der Waals surface area contributed by atoms with Gasteiger partial charge in [-0.25, -0.2) is 9.97 Å². The molecule has 5 rings (SSSR count). The minimum Gasteiger partial charge on any atom is -0.497 e. The first-order valence-corrected chi connectivity index (χ1v) is 9.99. The van der Waals surface area contributed by atoms with Crippen molar-refractivity contribution in [3.05, 3.63) is 101 Å². The van der Waals surface area contributed by atoms with Gasteiger partial charge in [-0.05, 0) is 60.7 Å². The van der Waals surface area contributed by atoms with Gasteiger partial charge in [-0.3, -0.25) is 13.9 Å². The van der Waals surface area contributed by atoms with E-state index in [1.165, 1.54) is 0 Å². The third-order valence-electron chi connectivity index (χ3n) is 5.04. The summed E-state index contributed by atoms with van der Waals surface area (Å²) in [5.74, 6) is 1.19. The Balaban J connectivity index is 1.83. The van der Waals surface area contributed by atoms with Gasteiger partial charge in [0.05, 0.1) is 12.8 Å². The summed E-state index contributed by atoms with van der Waals surface area (Å²) in [7, 11) is 1.60. The van der Waals surface area contributed by atoms with Crippen LogP contribution in [0.3, 0.4) is 0 Å². The van der Waals surface area contributed by atoms with Crippen LogP contribution < -0.4 is 10.3 Å². The summed E-state index contributed by atoms with van der Waals surface area (Å²) in [4.78, 5) is 23.0. The van der Waals surface area contributed by atoms with Crippen molar-refractivity contribution < 1.29 is 4.74 Å². The summed E-state index contributed by atoms with van der Waals surface area (Å²) in [6.07, 6.45) is 1.62. The molecule has 5 aromatic rings. The molecule has 0 fully saturated rings. The first kappa shape index (κ1) is 19.1. The van der Waals surface area contributed by atoms with Gasteiger partial charge in [0.1, 0.15) is 17.9 Å². The lowest BCUT2D eigenvalue weighted by Crippen LogP contribution is -2.23. The number of ether oxygens (including phenoxy) is 1. The Bertz CT molecular complexity index is 1420. The number of aromatic nitrogens is 4. The second-order valence-corrected chi connectivity index (χ2v) is 7.34. The summed E-state index contributed by atoms with van der Waals surface area (Å²) < 4.78 is 8.62. The molecule has 0 radical (unpaired) electrons. The predicted octanol–water partition coefficient (Wildman–Crippen LogP) is 4.90. The van der Waals surface area contributed by atoms with E-state index in [0.29, 0.717) is 33.4 Å². The molecular formula is C24H17ClN4O2. The third kappa shape index (κ3) is 3.37. The van der Waals surface area contributed by atoms with E-state index in [-0.39, 0.29) is 5.56 Å². The first-order valence-electron chi connectivity index (χ1n) is 9.61. The lowest BCUT2D eigenvalue weighted by atomic mass is 10.2. The van der Waals surface area contributed by atoms with Crippen molar-refractivity contribution in [3.63, 3.8) is 0 Å². The predicted molar refractivity (Wildman–Crippen MR) is 121 cm³/mol. The van der Waals surface area contributed by atoms with Crippen molar-refractivity contribution in [2.45, 2.75) is 0 Å². The zero-order valence-electron chi connectivity index (χ0n) is 16.6. The van der Waals surface area contributed by atoms with E-state index in [2.05, 4.69) is 4.98 Å². The number of nitrogens with zero attached hydrogens (tertiary/aromatic N) is 4. The Labute approximate surface area is 183 Å². The summed E-state index contributed by atoms with van der Waals surface area (Å²) in [5, 5.41) is 0.608. The van der Waals surface area contributed by atoms with Crippen molar-refractivity contribution in [1.82, 2.24) is 19.1 Å². The Kier molecular flexibility index (Phi) is 4.76. The molecule has 7 heteroatoms. The van der Waals surface area contributed by atoms with Crippen LogP contribution in [0, 0.1) is 0 Å². The number of rotatable bonds is 4. The smallest absolute Gasteiger partial charge is 0.285 e. The first-order chi connectivity index (χ1) is 15.2. The van der Waals surface area contributed by atoms with E-state index >= 15 is 0 Å². The van der Waals surface area contributed by atoms with Crippen molar-refractivity contribution in [3.8, 4) is 28.5 Å². The van der Waals surface area contributed by atoms with E-state index in [1.54, 1.807) is 34.7 Å². The molecule has 0 spiro atoms. The molecule has 3 aromatic carbocycles. The Hall–Kier alpha value is -3.90. The second kappa shape index (κ2) is 7.74. The maximum absolute atomic E-state index is 13.8. The molecule has 0 unspecified atom stereocenters. The van der Waals surface area contributed by atoms with Crippen LogP contribution in [0.1, 0.15) is 0 Å². The number of fused-ring (bicyclic) bond motifs is 1. The topological polar surface area (TPSA) is 61.9 Å². The van der Waals surface area contributed by atoms with E-state index in [4.69, 9.17) is 21.3 Å². The molecule has 0 saturated heterocycles. The number of methoxy groups -OCH3 is 1. The van der Waals surface area contributed by atoms with Crippen LogP contribution in [0.15, 0.2) is 90.0 Å². The van der Waals surface area contributed by atoms with Gasteiger partial charge in [0, 0.05) is 16.3 Å². The number of hydrogen-bond acceptors (Lipinski definition) is 4. The molecule has 0 amide bonds. The lowest BCUT2D eigenvalue weighted by molar-refractivity contribution is 0.414. The fourth-order valence-electron chi connectivity index (χ4n) is 3.52. The monoisotopic (exact) mass is 428 g/mol. The minimum absolute atomic E-state index is 0.221. The highest BCUT2D eigenvalue weighted by Crippen LogP contribution is 2.25. The van der Waals surface area contributed by atoms with Gasteiger partial charge in [0.15, 0.2) is 11.2 Å². The van der Waals surface area contributed by atoms with E-state index in [1.807, 2.05) is 66.7 Å². The van der Waals surface area contributed by atoms with Gasteiger partial charge in [-0.15, -0.1) is 0 Å². The quantitative estimate of drug-likeness (QED) is 0.408. The van der Waals surface area contributed by atoms with Crippen molar-refractivity contribution in [1.29, 1.82) is 0 Å². The average Bonchev–Trinajstić information content (AvgIpc) is 3.25. The van der Waals surface area contributed by atoms with Gasteiger partial charge in [0.2, 0.25) is 0 Å². The van der Waals surface area contributed by atoms with Crippen molar-refractivity contribution in [2.24, 2.45) is 0 Å². The summed E-state index contributed by atoms with van der Waals surface area (Å²) in [5.41, 5.74) is 2.83. The highest BCUT2D eigenvalue weighted by molar-refractivity contribution is 6.30. The van der Waals surface area contributed by atoms with Gasteiger partial charge in [-0.1, -0.05) is 29.8 Å². The molecule has 0 aliphatic carbocycles. The molecule has 2 heterocycles. The number of benzene rings is 3. The number of imidazole rings is 1. The zero-order chi connectivity index (χ0) is 21.4. The van der Waals surface area contributed by atoms with Crippen LogP contribution in [0.5, 0.6) is 5.75 Å². The molecule has 6 nitrogen and oxygen atoms in total. The molecule has 0 saturated carbocycles. The molecular weight excluding hydrogens is 412 g/mol. The standard InChI is InChI=1S/C24H17ClN4O2/c1-31-20-13-11-19(12-14-20)29-23(16-7-9-17(25)10-8-16)27-22-21(24(29)30)28(15-26-22)18-5-3-2-4-6-18/h2-15H,1H3. The van der Waals surface area contributed by atoms with Crippen molar-refractivity contribution in [2.75, 3.05) is 7.11 Å². The SMILES string of the molecule is COc1ccc(-n2c(-c3ccc(Cl)cc3)nc3ncn(-c4ccccc4)c3c2=O)cc1. The Morgan fingerprint density at radius 1 is 0.871 bits per heavy atom. The summed E-state index contributed by atoms with van der Waals surface area (Å²) in [6.45, 7) is 0. The maximum atomic E-state index is 13.8. The van der Waals surface area contributed by atoms with E-state index < -0.39 is 0 Å². The molecule has 0 bridgehead atoms. The number of para-hydroxylation sites is 1. The van der Waals surface area contributed by atoms with E-state index in [9.17, 15) is 4.79 Å². The molecule has 0 atom stereocenters. The van der Waals surface area contributed by atoms with Crippen molar-refractivity contribution >= 4 is 22.8 Å². The second-order valence-electron chi connectivity index (χ2n) is 6.90. The maximum Gasteiger partial charge on any atom is 0.285 e. The molecule has 2 aromatic heterocycles. The molecule has 31 heavy (non-hydrogen) atoms. The zero-order valence-corrected chi connectivity index (χ0v) is 17.3. The molecule has 0 N–H and O–H groups in total. The van der Waals surface area contributed by atoms with Gasteiger partial charge < -0.3 is 4.74 Å². The molecule has 0 aliphatic heterocycles. The average molecular weight is 429 g/mol. The van der Waals surface area contributed by atoms with E-state index in [0.717, 1.165) is 11.3 Å². The Morgan fingerprint density at radius 2 is 1.58 bits per heavy atom. The molecule has 152 valence electrons. The minimum atomic E-state index is -0.221. The van der Waals surface area contributed by atoms with Crippen LogP contribution in [-0.4, -0.2) is 26.2 Å². The Morgan fingerprint density at radius 3 is 2.26 bits per heavy atom. The highest BCUT2D eigenvalue weighted by atomic mass is 35.5. The number of hydrogen-bond donors (Lipinski definition) is 0. The van der Waals surface area contributed by atoms with Crippen LogP contribution in [-0.2, 0) is 0 Å². The van der Waals surface area contributed by atoms with Gasteiger partial charge in [0.25, 0.3) is 5.56 Å². The molecule has 0 aliphatic rings. The summed E-state index contributed by atoms with van der Waals surface area (Å²) in [6, 6.07) is 24.1. The van der Waals surface area contributed by atoms with Gasteiger partial charge >= 0.3 is 0 Å². The van der Waals surface area contributed by atoms with Gasteiger partial charge in [-0.2, -0.15) is 0 Å². The van der Waals surface area contributed by atoms with Crippen LogP contribution in [0.25, 0.3) is 33.9 Å². The number of halogens is 1. The van der Waals surface area contributed by atoms with Crippen LogP contribution in [0.2, 0.25) is 5.02 Å². The van der Waals surface area contributed by atoms with Crippen LogP contribution in [0.4, 0.5) is 0 Å².